The number of alkyl halides is 3. The minimum absolute atomic E-state index is 0.0402. The summed E-state index contributed by atoms with van der Waals surface area (Å²) in [6, 6.07) is 2.84. The zero-order chi connectivity index (χ0) is 18.1. The van der Waals surface area contributed by atoms with Gasteiger partial charge in [-0.1, -0.05) is 6.07 Å². The highest BCUT2D eigenvalue weighted by molar-refractivity contribution is 7.89. The van der Waals surface area contributed by atoms with Crippen LogP contribution in [0.25, 0.3) is 0 Å². The summed E-state index contributed by atoms with van der Waals surface area (Å²) in [5.41, 5.74) is -1.33. The molecule has 1 heterocycles. The Morgan fingerprint density at radius 1 is 1.38 bits per heavy atom. The largest absolute Gasteiger partial charge is 0.495 e. The van der Waals surface area contributed by atoms with Gasteiger partial charge >= 0.3 is 12.1 Å². The van der Waals surface area contributed by atoms with Crippen LogP contribution in [-0.4, -0.2) is 44.0 Å². The Morgan fingerprint density at radius 2 is 2.04 bits per heavy atom. The quantitative estimate of drug-likeness (QED) is 0.882. The van der Waals surface area contributed by atoms with Crippen molar-refractivity contribution in [3.8, 4) is 5.75 Å². The molecule has 1 aliphatic rings. The van der Waals surface area contributed by atoms with Crippen LogP contribution in [0, 0.1) is 5.92 Å². The van der Waals surface area contributed by atoms with Gasteiger partial charge in [-0.25, -0.2) is 8.42 Å². The van der Waals surface area contributed by atoms with Crippen LogP contribution in [0.5, 0.6) is 5.75 Å². The number of halogens is 3. The molecule has 1 atom stereocenters. The molecular weight excluding hydrogens is 351 g/mol. The lowest BCUT2D eigenvalue weighted by Gasteiger charge is -2.31. The number of nitrogens with zero attached hydrogens (tertiary/aromatic N) is 1. The number of carbonyl (C=O) groups is 1. The Kier molecular flexibility index (Phi) is 5.09. The fraction of sp³-hybridized carbons (Fsp3) is 0.500. The molecule has 1 N–H and O–H groups in total. The van der Waals surface area contributed by atoms with E-state index in [1.807, 2.05) is 0 Å². The number of aliphatic carboxylic acids is 1. The number of carboxylic acid groups (broad SMARTS) is 1. The van der Waals surface area contributed by atoms with Gasteiger partial charge in [-0.05, 0) is 25.0 Å². The molecule has 0 aliphatic carbocycles. The summed E-state index contributed by atoms with van der Waals surface area (Å²) in [5.74, 6) is -2.55. The number of carboxylic acids is 1. The Balaban J connectivity index is 2.55. The van der Waals surface area contributed by atoms with Gasteiger partial charge in [0, 0.05) is 13.1 Å². The zero-order valence-corrected chi connectivity index (χ0v) is 13.5. The summed E-state index contributed by atoms with van der Waals surface area (Å²) >= 11 is 0. The van der Waals surface area contributed by atoms with Crippen molar-refractivity contribution in [2.75, 3.05) is 20.2 Å². The topological polar surface area (TPSA) is 83.9 Å². The molecule has 0 saturated carbocycles. The molecule has 2 rings (SSSR count). The molecule has 24 heavy (non-hydrogen) atoms. The lowest BCUT2D eigenvalue weighted by Crippen LogP contribution is -2.42. The second kappa shape index (κ2) is 6.60. The van der Waals surface area contributed by atoms with Gasteiger partial charge in [0.1, 0.15) is 10.6 Å². The molecular formula is C14H16F3NO5S. The van der Waals surface area contributed by atoms with Crippen molar-refractivity contribution in [2.45, 2.75) is 23.9 Å². The summed E-state index contributed by atoms with van der Waals surface area (Å²) < 4.78 is 70.8. The molecule has 0 amide bonds. The van der Waals surface area contributed by atoms with E-state index in [9.17, 15) is 26.4 Å². The number of benzene rings is 1. The number of rotatable bonds is 4. The maximum Gasteiger partial charge on any atom is 0.417 e. The molecule has 0 bridgehead atoms. The van der Waals surface area contributed by atoms with E-state index in [-0.39, 0.29) is 25.9 Å². The van der Waals surface area contributed by atoms with Gasteiger partial charge in [0.05, 0.1) is 18.6 Å². The first-order valence-corrected chi connectivity index (χ1v) is 8.50. The highest BCUT2D eigenvalue weighted by Gasteiger charge is 2.42. The van der Waals surface area contributed by atoms with Crippen LogP contribution in [0.4, 0.5) is 13.2 Å². The standard InChI is InChI=1S/C14H16F3NO5S/c1-23-11-6-2-5-10(14(15,16)17)12(11)24(21,22)18-7-3-4-9(8-18)13(19)20/h2,5-6,9H,3-4,7-8H2,1H3,(H,19,20)/t9-/m1/s1. The number of sulfonamides is 1. The summed E-state index contributed by atoms with van der Waals surface area (Å²) in [6.07, 6.45) is -4.36. The lowest BCUT2D eigenvalue weighted by atomic mass is 10.0. The second-order valence-corrected chi connectivity index (χ2v) is 7.25. The predicted molar refractivity (Wildman–Crippen MR) is 77.1 cm³/mol. The molecule has 0 spiro atoms. The van der Waals surface area contributed by atoms with Crippen LogP contribution < -0.4 is 4.74 Å². The summed E-state index contributed by atoms with van der Waals surface area (Å²) in [6.45, 7) is -0.408. The van der Waals surface area contributed by atoms with Crippen molar-refractivity contribution in [1.29, 1.82) is 0 Å². The maximum absolute atomic E-state index is 13.2. The molecule has 1 fully saturated rings. The summed E-state index contributed by atoms with van der Waals surface area (Å²) in [5, 5.41) is 9.05. The third kappa shape index (κ3) is 3.48. The molecule has 134 valence electrons. The molecule has 6 nitrogen and oxygen atoms in total. The first-order valence-electron chi connectivity index (χ1n) is 7.06. The van der Waals surface area contributed by atoms with Crippen molar-refractivity contribution in [2.24, 2.45) is 5.92 Å². The van der Waals surface area contributed by atoms with E-state index in [0.29, 0.717) is 6.07 Å². The average Bonchev–Trinajstić information content (AvgIpc) is 2.53. The van der Waals surface area contributed by atoms with Crippen LogP contribution in [-0.2, 0) is 21.0 Å². The summed E-state index contributed by atoms with van der Waals surface area (Å²) in [4.78, 5) is 10.1. The number of ether oxygens (including phenoxy) is 1. The zero-order valence-electron chi connectivity index (χ0n) is 12.7. The monoisotopic (exact) mass is 367 g/mol. The Morgan fingerprint density at radius 3 is 2.58 bits per heavy atom. The molecule has 0 aromatic heterocycles. The van der Waals surface area contributed by atoms with Gasteiger partial charge in [-0.3, -0.25) is 4.79 Å². The minimum Gasteiger partial charge on any atom is -0.495 e. The van der Waals surface area contributed by atoms with E-state index < -0.39 is 44.3 Å². The van der Waals surface area contributed by atoms with Crippen LogP contribution in [0.2, 0.25) is 0 Å². The van der Waals surface area contributed by atoms with Gasteiger partial charge in [0.15, 0.2) is 0 Å². The predicted octanol–water partition coefficient (Wildman–Crippen LogP) is 2.20. The van der Waals surface area contributed by atoms with E-state index in [1.165, 1.54) is 0 Å². The minimum atomic E-state index is -4.89. The van der Waals surface area contributed by atoms with Crippen molar-refractivity contribution in [1.82, 2.24) is 4.31 Å². The fourth-order valence-corrected chi connectivity index (χ4v) is 4.53. The molecule has 10 heteroatoms. The van der Waals surface area contributed by atoms with Gasteiger partial charge in [-0.15, -0.1) is 0 Å². The number of piperidine rings is 1. The Bertz CT molecular complexity index is 732. The second-order valence-electron chi connectivity index (χ2n) is 5.38. The van der Waals surface area contributed by atoms with Crippen LogP contribution in [0.15, 0.2) is 23.1 Å². The lowest BCUT2D eigenvalue weighted by molar-refractivity contribution is -0.143. The van der Waals surface area contributed by atoms with E-state index >= 15 is 0 Å². The molecule has 0 unspecified atom stereocenters. The molecule has 1 aromatic rings. The third-order valence-electron chi connectivity index (χ3n) is 3.84. The molecule has 0 radical (unpaired) electrons. The summed E-state index contributed by atoms with van der Waals surface area (Å²) in [7, 11) is -3.49. The first-order chi connectivity index (χ1) is 11.1. The van der Waals surface area contributed by atoms with Crippen molar-refractivity contribution < 1.29 is 36.2 Å². The Hall–Kier alpha value is -1.81. The molecule has 1 aromatic carbocycles. The highest BCUT2D eigenvalue weighted by Crippen LogP contribution is 2.40. The highest BCUT2D eigenvalue weighted by atomic mass is 32.2. The molecule has 1 aliphatic heterocycles. The van der Waals surface area contributed by atoms with Crippen molar-refractivity contribution in [3.63, 3.8) is 0 Å². The van der Waals surface area contributed by atoms with E-state index in [4.69, 9.17) is 9.84 Å². The third-order valence-corrected chi connectivity index (χ3v) is 5.78. The van der Waals surface area contributed by atoms with Crippen molar-refractivity contribution in [3.05, 3.63) is 23.8 Å². The molecule has 1 saturated heterocycles. The van der Waals surface area contributed by atoms with Crippen LogP contribution in [0.1, 0.15) is 18.4 Å². The van der Waals surface area contributed by atoms with E-state index in [2.05, 4.69) is 0 Å². The SMILES string of the molecule is COc1cccc(C(F)(F)F)c1S(=O)(=O)N1CCC[C@@H](C(=O)O)C1. The average molecular weight is 367 g/mol. The maximum atomic E-state index is 13.2. The first kappa shape index (κ1) is 18.5. The number of methoxy groups -OCH3 is 1. The van der Waals surface area contributed by atoms with Gasteiger partial charge in [-0.2, -0.15) is 17.5 Å². The number of hydrogen-bond acceptors (Lipinski definition) is 4. The normalized spacial score (nSPS) is 19.9. The van der Waals surface area contributed by atoms with Gasteiger partial charge in [0.2, 0.25) is 10.0 Å². The van der Waals surface area contributed by atoms with Gasteiger partial charge < -0.3 is 9.84 Å². The van der Waals surface area contributed by atoms with Crippen molar-refractivity contribution >= 4 is 16.0 Å². The Labute approximate surface area is 136 Å². The van der Waals surface area contributed by atoms with Gasteiger partial charge in [0.25, 0.3) is 0 Å². The van der Waals surface area contributed by atoms with E-state index in [1.54, 1.807) is 0 Å². The number of hydrogen-bond donors (Lipinski definition) is 1. The smallest absolute Gasteiger partial charge is 0.417 e. The van der Waals surface area contributed by atoms with Crippen LogP contribution >= 0.6 is 0 Å². The van der Waals surface area contributed by atoms with E-state index in [0.717, 1.165) is 23.5 Å². The fourth-order valence-electron chi connectivity index (χ4n) is 2.66. The van der Waals surface area contributed by atoms with Crippen LogP contribution in [0.3, 0.4) is 0 Å².